The molecular formula is C14H19BrN2O3. The molecule has 2 atom stereocenters. The number of hydrogen-bond acceptors (Lipinski definition) is 4. The highest BCUT2D eigenvalue weighted by molar-refractivity contribution is 9.10. The fourth-order valence-corrected chi connectivity index (χ4v) is 2.14. The van der Waals surface area contributed by atoms with Gasteiger partial charge in [0.1, 0.15) is 6.10 Å². The lowest BCUT2D eigenvalue weighted by atomic mass is 10.2. The Balaban J connectivity index is 1.69. The molecule has 1 amide bonds. The Bertz CT molecular complexity index is 433. The second-order valence-corrected chi connectivity index (χ2v) is 5.65. The number of carbonyl (C=O) groups excluding carboxylic acids is 1. The summed E-state index contributed by atoms with van der Waals surface area (Å²) in [6.45, 7) is 2.99. The lowest BCUT2D eigenvalue weighted by Gasteiger charge is -2.16. The minimum Gasteiger partial charge on any atom is -0.376 e. The fourth-order valence-electron chi connectivity index (χ4n) is 1.87. The molecule has 1 saturated heterocycles. The van der Waals surface area contributed by atoms with Crippen molar-refractivity contribution in [3.05, 3.63) is 28.7 Å². The first-order chi connectivity index (χ1) is 9.65. The molecule has 2 rings (SSSR count). The SMILES string of the molecule is CC(OCC1CCCO1)C(=O)NNc1ccc(Br)cc1. The number of hydrazine groups is 1. The lowest BCUT2D eigenvalue weighted by molar-refractivity contribution is -0.133. The van der Waals surface area contributed by atoms with E-state index in [0.717, 1.165) is 29.6 Å². The molecule has 1 aromatic carbocycles. The summed E-state index contributed by atoms with van der Waals surface area (Å²) in [4.78, 5) is 11.8. The average Bonchev–Trinajstić information content (AvgIpc) is 2.97. The summed E-state index contributed by atoms with van der Waals surface area (Å²) in [6, 6.07) is 7.52. The number of nitrogens with one attached hydrogen (secondary N) is 2. The van der Waals surface area contributed by atoms with Gasteiger partial charge in [-0.15, -0.1) is 0 Å². The Hall–Kier alpha value is -1.11. The highest BCUT2D eigenvalue weighted by atomic mass is 79.9. The Morgan fingerprint density at radius 1 is 1.50 bits per heavy atom. The zero-order chi connectivity index (χ0) is 14.4. The second-order valence-electron chi connectivity index (χ2n) is 4.73. The third-order valence-corrected chi connectivity index (χ3v) is 3.63. The molecule has 110 valence electrons. The van der Waals surface area contributed by atoms with E-state index in [2.05, 4.69) is 26.8 Å². The molecule has 2 N–H and O–H groups in total. The van der Waals surface area contributed by atoms with Gasteiger partial charge < -0.3 is 9.47 Å². The van der Waals surface area contributed by atoms with Gasteiger partial charge in [-0.1, -0.05) is 15.9 Å². The van der Waals surface area contributed by atoms with Crippen LogP contribution in [0.5, 0.6) is 0 Å². The predicted octanol–water partition coefficient (Wildman–Crippen LogP) is 2.48. The van der Waals surface area contributed by atoms with E-state index in [-0.39, 0.29) is 12.0 Å². The summed E-state index contributed by atoms with van der Waals surface area (Å²) < 4.78 is 11.9. The van der Waals surface area contributed by atoms with Crippen molar-refractivity contribution < 1.29 is 14.3 Å². The van der Waals surface area contributed by atoms with E-state index in [9.17, 15) is 4.79 Å². The normalized spacial score (nSPS) is 19.6. The molecular weight excluding hydrogens is 324 g/mol. The van der Waals surface area contributed by atoms with Crippen LogP contribution in [0.25, 0.3) is 0 Å². The van der Waals surface area contributed by atoms with E-state index in [1.165, 1.54) is 0 Å². The molecule has 1 aliphatic heterocycles. The monoisotopic (exact) mass is 342 g/mol. The minimum atomic E-state index is -0.512. The molecule has 2 unspecified atom stereocenters. The molecule has 0 radical (unpaired) electrons. The van der Waals surface area contributed by atoms with Crippen LogP contribution in [0.1, 0.15) is 19.8 Å². The van der Waals surface area contributed by atoms with Crippen molar-refractivity contribution in [3.8, 4) is 0 Å². The van der Waals surface area contributed by atoms with Crippen LogP contribution in [-0.4, -0.2) is 31.3 Å². The molecule has 20 heavy (non-hydrogen) atoms. The maximum absolute atomic E-state index is 11.8. The highest BCUT2D eigenvalue weighted by Crippen LogP contribution is 2.14. The smallest absolute Gasteiger partial charge is 0.267 e. The van der Waals surface area contributed by atoms with Crippen LogP contribution in [0.4, 0.5) is 5.69 Å². The molecule has 6 heteroatoms. The Labute approximate surface area is 127 Å². The number of anilines is 1. The fraction of sp³-hybridized carbons (Fsp3) is 0.500. The maximum Gasteiger partial charge on any atom is 0.267 e. The van der Waals surface area contributed by atoms with Crippen LogP contribution in [-0.2, 0) is 14.3 Å². The molecule has 0 aromatic heterocycles. The number of halogens is 1. The van der Waals surface area contributed by atoms with Crippen molar-refractivity contribution in [2.45, 2.75) is 32.0 Å². The quantitative estimate of drug-likeness (QED) is 0.779. The number of rotatable bonds is 6. The van der Waals surface area contributed by atoms with Crippen molar-refractivity contribution in [3.63, 3.8) is 0 Å². The van der Waals surface area contributed by atoms with Gasteiger partial charge in [0.25, 0.3) is 5.91 Å². The van der Waals surface area contributed by atoms with E-state index in [4.69, 9.17) is 9.47 Å². The zero-order valence-electron chi connectivity index (χ0n) is 11.4. The van der Waals surface area contributed by atoms with Gasteiger partial charge in [0.2, 0.25) is 0 Å². The highest BCUT2D eigenvalue weighted by Gasteiger charge is 2.19. The van der Waals surface area contributed by atoms with Crippen molar-refractivity contribution in [1.29, 1.82) is 0 Å². The van der Waals surface area contributed by atoms with Crippen molar-refractivity contribution in [2.75, 3.05) is 18.6 Å². The van der Waals surface area contributed by atoms with Crippen LogP contribution >= 0.6 is 15.9 Å². The third kappa shape index (κ3) is 4.77. The number of amides is 1. The van der Waals surface area contributed by atoms with Crippen LogP contribution in [0.3, 0.4) is 0 Å². The van der Waals surface area contributed by atoms with Crippen LogP contribution < -0.4 is 10.9 Å². The predicted molar refractivity (Wildman–Crippen MR) is 80.3 cm³/mol. The van der Waals surface area contributed by atoms with Gasteiger partial charge >= 0.3 is 0 Å². The number of hydrogen-bond donors (Lipinski definition) is 2. The maximum atomic E-state index is 11.8. The molecule has 0 bridgehead atoms. The summed E-state index contributed by atoms with van der Waals surface area (Å²) in [6.07, 6.45) is 1.69. The van der Waals surface area contributed by atoms with E-state index >= 15 is 0 Å². The molecule has 1 aliphatic rings. The van der Waals surface area contributed by atoms with Gasteiger partial charge in [-0.3, -0.25) is 15.6 Å². The van der Waals surface area contributed by atoms with Crippen molar-refractivity contribution in [1.82, 2.24) is 5.43 Å². The van der Waals surface area contributed by atoms with E-state index in [1.54, 1.807) is 6.92 Å². The topological polar surface area (TPSA) is 59.6 Å². The van der Waals surface area contributed by atoms with Gasteiger partial charge in [-0.05, 0) is 44.0 Å². The standard InChI is InChI=1S/C14H19BrN2O3/c1-10(20-9-13-3-2-8-19-13)14(18)17-16-12-6-4-11(15)5-7-12/h4-7,10,13,16H,2-3,8-9H2,1H3,(H,17,18). The lowest BCUT2D eigenvalue weighted by Crippen LogP contribution is -2.39. The van der Waals surface area contributed by atoms with Crippen molar-refractivity contribution in [2.24, 2.45) is 0 Å². The summed E-state index contributed by atoms with van der Waals surface area (Å²) in [7, 11) is 0. The summed E-state index contributed by atoms with van der Waals surface area (Å²) in [5.41, 5.74) is 6.29. The van der Waals surface area contributed by atoms with Gasteiger partial charge in [0.05, 0.1) is 18.4 Å². The van der Waals surface area contributed by atoms with Gasteiger partial charge in [0.15, 0.2) is 0 Å². The Kier molecular flexibility index (Phi) is 5.82. The first-order valence-corrected chi connectivity index (χ1v) is 7.49. The number of carbonyl (C=O) groups is 1. The molecule has 0 aliphatic carbocycles. The van der Waals surface area contributed by atoms with Gasteiger partial charge in [-0.25, -0.2) is 0 Å². The number of ether oxygens (including phenoxy) is 2. The summed E-state index contributed by atoms with van der Waals surface area (Å²) >= 11 is 3.35. The van der Waals surface area contributed by atoms with Crippen LogP contribution in [0, 0.1) is 0 Å². The first kappa shape index (κ1) is 15.3. The minimum absolute atomic E-state index is 0.129. The van der Waals surface area contributed by atoms with Crippen molar-refractivity contribution >= 4 is 27.5 Å². The third-order valence-electron chi connectivity index (χ3n) is 3.10. The molecule has 1 aromatic rings. The number of benzene rings is 1. The average molecular weight is 343 g/mol. The van der Waals surface area contributed by atoms with Crippen LogP contribution in [0.15, 0.2) is 28.7 Å². The van der Waals surface area contributed by atoms with E-state index in [0.29, 0.717) is 6.61 Å². The van der Waals surface area contributed by atoms with Crippen LogP contribution in [0.2, 0.25) is 0 Å². The second kappa shape index (κ2) is 7.61. The molecule has 5 nitrogen and oxygen atoms in total. The van der Waals surface area contributed by atoms with E-state index in [1.807, 2.05) is 24.3 Å². The molecule has 0 saturated carbocycles. The molecule has 1 fully saturated rings. The summed E-state index contributed by atoms with van der Waals surface area (Å²) in [5, 5.41) is 0. The Morgan fingerprint density at radius 2 is 2.25 bits per heavy atom. The van der Waals surface area contributed by atoms with Gasteiger partial charge in [-0.2, -0.15) is 0 Å². The van der Waals surface area contributed by atoms with E-state index < -0.39 is 6.10 Å². The van der Waals surface area contributed by atoms with Gasteiger partial charge in [0, 0.05) is 11.1 Å². The molecule has 0 spiro atoms. The Morgan fingerprint density at radius 3 is 2.90 bits per heavy atom. The zero-order valence-corrected chi connectivity index (χ0v) is 13.0. The first-order valence-electron chi connectivity index (χ1n) is 6.70. The summed E-state index contributed by atoms with van der Waals surface area (Å²) in [5.74, 6) is -0.203. The molecule has 1 heterocycles. The largest absolute Gasteiger partial charge is 0.376 e.